The normalized spacial score (nSPS) is 20.1. The van der Waals surface area contributed by atoms with Crippen LogP contribution in [0, 0.1) is 5.41 Å². The van der Waals surface area contributed by atoms with Gasteiger partial charge in [-0.1, -0.05) is 13.8 Å². The van der Waals surface area contributed by atoms with Crippen LogP contribution < -0.4 is 16.4 Å². The van der Waals surface area contributed by atoms with Gasteiger partial charge in [0.25, 0.3) is 0 Å². The molecule has 2 rings (SSSR count). The van der Waals surface area contributed by atoms with E-state index < -0.39 is 11.7 Å². The van der Waals surface area contributed by atoms with Crippen molar-refractivity contribution >= 4 is 23.2 Å². The molecule has 4 N–H and O–H groups in total. The van der Waals surface area contributed by atoms with Gasteiger partial charge in [0.2, 0.25) is 0 Å². The summed E-state index contributed by atoms with van der Waals surface area (Å²) in [4.78, 5) is 11.9. The van der Waals surface area contributed by atoms with Crippen molar-refractivity contribution in [1.29, 1.82) is 0 Å². The molecule has 0 spiro atoms. The molecule has 6 heteroatoms. The molecule has 1 fully saturated rings. The van der Waals surface area contributed by atoms with Crippen LogP contribution in [0.5, 0.6) is 0 Å². The van der Waals surface area contributed by atoms with Crippen LogP contribution in [-0.4, -0.2) is 30.9 Å². The van der Waals surface area contributed by atoms with E-state index in [1.165, 1.54) is 0 Å². The van der Waals surface area contributed by atoms with Gasteiger partial charge in [0.05, 0.1) is 30.6 Å². The van der Waals surface area contributed by atoms with E-state index in [-0.39, 0.29) is 11.5 Å². The largest absolute Gasteiger partial charge is 0.444 e. The van der Waals surface area contributed by atoms with Crippen LogP contribution in [0.2, 0.25) is 0 Å². The Balaban J connectivity index is 2.08. The zero-order valence-corrected chi connectivity index (χ0v) is 14.5. The van der Waals surface area contributed by atoms with Crippen molar-refractivity contribution in [2.24, 2.45) is 5.41 Å². The van der Waals surface area contributed by atoms with Crippen LogP contribution in [0.15, 0.2) is 18.2 Å². The molecule has 0 bridgehead atoms. The monoisotopic (exact) mass is 321 g/mol. The van der Waals surface area contributed by atoms with Crippen molar-refractivity contribution in [3.63, 3.8) is 0 Å². The number of anilines is 3. The zero-order chi connectivity index (χ0) is 17.3. The molecular weight excluding hydrogens is 294 g/mol. The lowest BCUT2D eigenvalue weighted by atomic mass is 9.88. The molecule has 1 amide bonds. The number of ether oxygens (including phenoxy) is 2. The van der Waals surface area contributed by atoms with Gasteiger partial charge in [-0.2, -0.15) is 0 Å². The van der Waals surface area contributed by atoms with Gasteiger partial charge < -0.3 is 20.5 Å². The second-order valence-corrected chi connectivity index (χ2v) is 7.63. The highest BCUT2D eigenvalue weighted by atomic mass is 16.6. The van der Waals surface area contributed by atoms with Gasteiger partial charge in [-0.05, 0) is 39.0 Å². The van der Waals surface area contributed by atoms with E-state index >= 15 is 0 Å². The molecule has 1 aliphatic rings. The summed E-state index contributed by atoms with van der Waals surface area (Å²) in [7, 11) is 0. The Bertz CT molecular complexity index is 579. The van der Waals surface area contributed by atoms with Crippen LogP contribution in [0.3, 0.4) is 0 Å². The molecule has 0 radical (unpaired) electrons. The minimum Gasteiger partial charge on any atom is -0.444 e. The third-order valence-electron chi connectivity index (χ3n) is 3.73. The van der Waals surface area contributed by atoms with Crippen molar-refractivity contribution in [2.45, 2.75) is 46.3 Å². The van der Waals surface area contributed by atoms with Crippen LogP contribution >= 0.6 is 0 Å². The van der Waals surface area contributed by atoms with Gasteiger partial charge in [0, 0.05) is 11.1 Å². The maximum absolute atomic E-state index is 11.9. The molecule has 1 aliphatic heterocycles. The lowest BCUT2D eigenvalue weighted by Gasteiger charge is -2.27. The van der Waals surface area contributed by atoms with Gasteiger partial charge in [0.1, 0.15) is 5.60 Å². The molecule has 0 unspecified atom stereocenters. The highest BCUT2D eigenvalue weighted by molar-refractivity contribution is 5.87. The summed E-state index contributed by atoms with van der Waals surface area (Å²) < 4.78 is 10.8. The molecule has 1 saturated heterocycles. The van der Waals surface area contributed by atoms with Crippen LogP contribution in [0.25, 0.3) is 0 Å². The second kappa shape index (κ2) is 6.28. The molecular formula is C17H27N3O3. The van der Waals surface area contributed by atoms with E-state index in [1.807, 2.05) is 26.8 Å². The van der Waals surface area contributed by atoms with Crippen LogP contribution in [-0.2, 0) is 9.47 Å². The third kappa shape index (κ3) is 4.76. The first-order valence-electron chi connectivity index (χ1n) is 7.81. The summed E-state index contributed by atoms with van der Waals surface area (Å²) in [6, 6.07) is 5.49. The standard InChI is InChI=1S/C17H27N3O3/c1-16(2,3)23-15(21)19-11-6-7-12(18)13(8-11)20-14-9-22-10-17(14,4)5/h6-8,14,20H,9-10,18H2,1-5H3,(H,19,21)/t14-/m1/s1. The number of nitrogens with two attached hydrogens (primary N) is 1. The Kier molecular flexibility index (Phi) is 4.75. The lowest BCUT2D eigenvalue weighted by Crippen LogP contribution is -2.34. The zero-order valence-electron chi connectivity index (χ0n) is 14.5. The average molecular weight is 321 g/mol. The number of hydrogen-bond donors (Lipinski definition) is 3. The lowest BCUT2D eigenvalue weighted by molar-refractivity contribution is 0.0636. The van der Waals surface area contributed by atoms with Gasteiger partial charge in [0.15, 0.2) is 0 Å². The minimum atomic E-state index is -0.538. The summed E-state index contributed by atoms with van der Waals surface area (Å²) >= 11 is 0. The number of nitrogens with one attached hydrogen (secondary N) is 2. The molecule has 0 aliphatic carbocycles. The van der Waals surface area contributed by atoms with Gasteiger partial charge in [-0.25, -0.2) is 4.79 Å². The van der Waals surface area contributed by atoms with Crippen LogP contribution in [0.4, 0.5) is 21.9 Å². The topological polar surface area (TPSA) is 85.6 Å². The quantitative estimate of drug-likeness (QED) is 0.742. The van der Waals surface area contributed by atoms with Gasteiger partial charge in [-0.3, -0.25) is 5.32 Å². The predicted octanol–water partition coefficient (Wildman–Crippen LogP) is 3.45. The summed E-state index contributed by atoms with van der Waals surface area (Å²) in [6.07, 6.45) is -0.488. The first-order valence-corrected chi connectivity index (χ1v) is 7.81. The highest BCUT2D eigenvalue weighted by Gasteiger charge is 2.35. The molecule has 128 valence electrons. The number of benzene rings is 1. The van der Waals surface area contributed by atoms with E-state index in [9.17, 15) is 4.79 Å². The van der Waals surface area contributed by atoms with Gasteiger partial charge in [-0.15, -0.1) is 0 Å². The maximum Gasteiger partial charge on any atom is 0.412 e. The van der Waals surface area contributed by atoms with Crippen molar-refractivity contribution in [3.8, 4) is 0 Å². The highest BCUT2D eigenvalue weighted by Crippen LogP contribution is 2.32. The first kappa shape index (κ1) is 17.4. The molecule has 0 aromatic heterocycles. The number of carbonyl (C=O) groups excluding carboxylic acids is 1. The van der Waals surface area contributed by atoms with E-state index in [2.05, 4.69) is 24.5 Å². The molecule has 6 nitrogen and oxygen atoms in total. The van der Waals surface area contributed by atoms with Crippen molar-refractivity contribution in [1.82, 2.24) is 0 Å². The fourth-order valence-corrected chi connectivity index (χ4v) is 2.37. The molecule has 1 heterocycles. The van der Waals surface area contributed by atoms with Crippen molar-refractivity contribution in [2.75, 3.05) is 29.6 Å². The molecule has 1 aromatic carbocycles. The summed E-state index contributed by atoms with van der Waals surface area (Å²) in [5.74, 6) is 0. The van der Waals surface area contributed by atoms with Crippen molar-refractivity contribution in [3.05, 3.63) is 18.2 Å². The Morgan fingerprint density at radius 1 is 1.39 bits per heavy atom. The fraction of sp³-hybridized carbons (Fsp3) is 0.588. The number of nitrogen functional groups attached to an aromatic ring is 1. The SMILES string of the molecule is CC(C)(C)OC(=O)Nc1ccc(N)c(N[C@@H]2COCC2(C)C)c1. The van der Waals surface area contributed by atoms with E-state index in [0.29, 0.717) is 24.6 Å². The first-order chi connectivity index (χ1) is 10.6. The summed E-state index contributed by atoms with van der Waals surface area (Å²) in [6.45, 7) is 11.1. The molecule has 1 atom stereocenters. The van der Waals surface area contributed by atoms with Crippen molar-refractivity contribution < 1.29 is 14.3 Å². The Hall–Kier alpha value is -1.95. The van der Waals surface area contributed by atoms with E-state index in [4.69, 9.17) is 15.2 Å². The predicted molar refractivity (Wildman–Crippen MR) is 92.7 cm³/mol. The number of rotatable bonds is 3. The number of carbonyl (C=O) groups is 1. The fourth-order valence-electron chi connectivity index (χ4n) is 2.37. The Morgan fingerprint density at radius 3 is 2.65 bits per heavy atom. The molecule has 0 saturated carbocycles. The molecule has 1 aromatic rings. The third-order valence-corrected chi connectivity index (χ3v) is 3.73. The smallest absolute Gasteiger partial charge is 0.412 e. The Morgan fingerprint density at radius 2 is 2.09 bits per heavy atom. The number of amides is 1. The molecule has 23 heavy (non-hydrogen) atoms. The van der Waals surface area contributed by atoms with Crippen LogP contribution in [0.1, 0.15) is 34.6 Å². The minimum absolute atomic E-state index is 0.0288. The Labute approximate surface area is 137 Å². The summed E-state index contributed by atoms with van der Waals surface area (Å²) in [5.41, 5.74) is 7.57. The average Bonchev–Trinajstić information content (AvgIpc) is 2.70. The van der Waals surface area contributed by atoms with Gasteiger partial charge >= 0.3 is 6.09 Å². The van der Waals surface area contributed by atoms with E-state index in [0.717, 1.165) is 5.69 Å². The summed E-state index contributed by atoms with van der Waals surface area (Å²) in [5, 5.41) is 6.14. The number of hydrogen-bond acceptors (Lipinski definition) is 5. The maximum atomic E-state index is 11.9. The second-order valence-electron chi connectivity index (χ2n) is 7.63. The van der Waals surface area contributed by atoms with E-state index in [1.54, 1.807) is 12.1 Å².